The lowest BCUT2D eigenvalue weighted by atomic mass is 9.87. The molecular weight excluding hydrogens is 450 g/mol. The van der Waals surface area contributed by atoms with Gasteiger partial charge in [-0.25, -0.2) is 0 Å². The van der Waals surface area contributed by atoms with Gasteiger partial charge in [-0.2, -0.15) is 0 Å². The second-order valence-electron chi connectivity index (χ2n) is 10.2. The van der Waals surface area contributed by atoms with Crippen LogP contribution in [-0.4, -0.2) is 49.5 Å². The maximum atomic E-state index is 12.7. The van der Waals surface area contributed by atoms with Crippen LogP contribution in [0.1, 0.15) is 46.6 Å². The van der Waals surface area contributed by atoms with E-state index in [1.54, 1.807) is 6.07 Å². The lowest BCUT2D eigenvalue weighted by Gasteiger charge is -2.37. The highest BCUT2D eigenvalue weighted by Crippen LogP contribution is 2.30. The van der Waals surface area contributed by atoms with Crippen LogP contribution in [0.3, 0.4) is 0 Å². The third-order valence-corrected chi connectivity index (χ3v) is 6.11. The number of anilines is 2. The van der Waals surface area contributed by atoms with Gasteiger partial charge in [0.05, 0.1) is 11.4 Å². The summed E-state index contributed by atoms with van der Waals surface area (Å²) in [5, 5.41) is 3.49. The van der Waals surface area contributed by atoms with Crippen LogP contribution in [0.25, 0.3) is 0 Å². The van der Waals surface area contributed by atoms with Crippen molar-refractivity contribution in [1.29, 1.82) is 0 Å². The molecule has 3 rings (SSSR count). The van der Waals surface area contributed by atoms with Crippen LogP contribution in [0, 0.1) is 5.92 Å². The van der Waals surface area contributed by atoms with Gasteiger partial charge in [0.25, 0.3) is 5.91 Å². The average molecular weight is 486 g/mol. The molecule has 1 heterocycles. The minimum Gasteiger partial charge on any atom is -0.484 e. The van der Waals surface area contributed by atoms with E-state index in [0.29, 0.717) is 55.0 Å². The van der Waals surface area contributed by atoms with Gasteiger partial charge in [0.15, 0.2) is 6.61 Å². The molecule has 6 nitrogen and oxygen atoms in total. The van der Waals surface area contributed by atoms with Crippen molar-refractivity contribution in [1.82, 2.24) is 4.90 Å². The van der Waals surface area contributed by atoms with E-state index in [-0.39, 0.29) is 23.8 Å². The monoisotopic (exact) mass is 485 g/mol. The van der Waals surface area contributed by atoms with Crippen molar-refractivity contribution in [2.24, 2.45) is 5.92 Å². The molecule has 1 saturated heterocycles. The molecule has 7 heteroatoms. The van der Waals surface area contributed by atoms with Gasteiger partial charge in [0, 0.05) is 37.6 Å². The quantitative estimate of drug-likeness (QED) is 0.574. The standard InChI is InChI=1S/C27H36ClN3O3/c1-19(2)16-26(33)31-14-12-30(13-15-31)24-11-8-21(28)17-23(24)29-25(32)18-34-22-9-6-20(7-10-22)27(3,4)5/h6-11,17,19H,12-16,18H2,1-5H3,(H,29,32). The van der Waals surface area contributed by atoms with E-state index in [0.717, 1.165) is 5.69 Å². The molecule has 2 aromatic carbocycles. The number of carbonyl (C=O) groups excluding carboxylic acids is 2. The molecule has 2 aromatic rings. The van der Waals surface area contributed by atoms with Crippen LogP contribution in [0.15, 0.2) is 42.5 Å². The molecule has 0 aromatic heterocycles. The van der Waals surface area contributed by atoms with Gasteiger partial charge in [-0.05, 0) is 47.2 Å². The molecule has 0 bridgehead atoms. The normalized spacial score (nSPS) is 14.3. The first-order chi connectivity index (χ1) is 16.0. The van der Waals surface area contributed by atoms with Crippen LogP contribution >= 0.6 is 11.6 Å². The zero-order chi connectivity index (χ0) is 24.9. The number of benzene rings is 2. The molecule has 0 unspecified atom stereocenters. The van der Waals surface area contributed by atoms with Gasteiger partial charge in [-0.1, -0.05) is 58.4 Å². The summed E-state index contributed by atoms with van der Waals surface area (Å²) in [7, 11) is 0. The summed E-state index contributed by atoms with van der Waals surface area (Å²) in [6, 6.07) is 13.3. The smallest absolute Gasteiger partial charge is 0.262 e. The van der Waals surface area contributed by atoms with E-state index < -0.39 is 0 Å². The number of hydrogen-bond donors (Lipinski definition) is 1. The van der Waals surface area contributed by atoms with Crippen LogP contribution in [0.2, 0.25) is 5.02 Å². The van der Waals surface area contributed by atoms with E-state index >= 15 is 0 Å². The predicted molar refractivity (Wildman–Crippen MR) is 139 cm³/mol. The molecule has 34 heavy (non-hydrogen) atoms. The number of nitrogens with one attached hydrogen (secondary N) is 1. The predicted octanol–water partition coefficient (Wildman–Crippen LogP) is 5.35. The molecular formula is C27H36ClN3O3. The van der Waals surface area contributed by atoms with Crippen molar-refractivity contribution in [2.45, 2.75) is 46.5 Å². The molecule has 1 aliphatic heterocycles. The number of amides is 2. The molecule has 1 fully saturated rings. The van der Waals surface area contributed by atoms with Crippen LogP contribution in [-0.2, 0) is 15.0 Å². The summed E-state index contributed by atoms with van der Waals surface area (Å²) >= 11 is 6.22. The SMILES string of the molecule is CC(C)CC(=O)N1CCN(c2ccc(Cl)cc2NC(=O)COc2ccc(C(C)(C)C)cc2)CC1. The molecule has 184 valence electrons. The Balaban J connectivity index is 1.59. The number of piperazine rings is 1. The van der Waals surface area contributed by atoms with Crippen LogP contribution in [0.4, 0.5) is 11.4 Å². The summed E-state index contributed by atoms with van der Waals surface area (Å²) in [5.74, 6) is 0.944. The molecule has 1 aliphatic rings. The molecule has 0 spiro atoms. The number of hydrogen-bond acceptors (Lipinski definition) is 4. The van der Waals surface area contributed by atoms with E-state index in [1.165, 1.54) is 5.56 Å². The number of nitrogens with zero attached hydrogens (tertiary/aromatic N) is 2. The minimum atomic E-state index is -0.255. The first-order valence-corrected chi connectivity index (χ1v) is 12.3. The summed E-state index contributed by atoms with van der Waals surface area (Å²) in [6.45, 7) is 13.2. The number of halogens is 1. The van der Waals surface area contributed by atoms with Gasteiger partial charge < -0.3 is 19.9 Å². The number of carbonyl (C=O) groups is 2. The highest BCUT2D eigenvalue weighted by atomic mass is 35.5. The van der Waals surface area contributed by atoms with Crippen molar-refractivity contribution in [3.63, 3.8) is 0 Å². The van der Waals surface area contributed by atoms with Crippen molar-refractivity contribution in [2.75, 3.05) is 43.0 Å². The summed E-state index contributed by atoms with van der Waals surface area (Å²) in [5.41, 5.74) is 2.81. The lowest BCUT2D eigenvalue weighted by molar-refractivity contribution is -0.132. The molecule has 0 saturated carbocycles. The molecule has 0 atom stereocenters. The summed E-state index contributed by atoms with van der Waals surface area (Å²) < 4.78 is 5.69. The van der Waals surface area contributed by atoms with Gasteiger partial charge in [0.2, 0.25) is 5.91 Å². The maximum absolute atomic E-state index is 12.7. The Morgan fingerprint density at radius 2 is 1.68 bits per heavy atom. The summed E-state index contributed by atoms with van der Waals surface area (Å²) in [4.78, 5) is 29.1. The van der Waals surface area contributed by atoms with Gasteiger partial charge in [-0.15, -0.1) is 0 Å². The van der Waals surface area contributed by atoms with Gasteiger partial charge >= 0.3 is 0 Å². The Morgan fingerprint density at radius 1 is 1.03 bits per heavy atom. The Morgan fingerprint density at radius 3 is 2.26 bits per heavy atom. The van der Waals surface area contributed by atoms with Crippen molar-refractivity contribution in [3.05, 3.63) is 53.1 Å². The van der Waals surface area contributed by atoms with Crippen molar-refractivity contribution >= 4 is 34.8 Å². The Labute approximate surface area is 208 Å². The van der Waals surface area contributed by atoms with Crippen molar-refractivity contribution in [3.8, 4) is 5.75 Å². The number of ether oxygens (including phenoxy) is 1. The first kappa shape index (κ1) is 25.9. The minimum absolute atomic E-state index is 0.0616. The second kappa shape index (κ2) is 11.1. The fourth-order valence-electron chi connectivity index (χ4n) is 3.95. The molecule has 1 N–H and O–H groups in total. The zero-order valence-corrected chi connectivity index (χ0v) is 21.6. The Kier molecular flexibility index (Phi) is 8.47. The van der Waals surface area contributed by atoms with E-state index in [2.05, 4.69) is 44.8 Å². The van der Waals surface area contributed by atoms with Gasteiger partial charge in [0.1, 0.15) is 5.75 Å². The highest BCUT2D eigenvalue weighted by molar-refractivity contribution is 6.31. The van der Waals surface area contributed by atoms with Crippen molar-refractivity contribution < 1.29 is 14.3 Å². The molecule has 0 radical (unpaired) electrons. The van der Waals surface area contributed by atoms with E-state index in [1.807, 2.05) is 41.3 Å². The maximum Gasteiger partial charge on any atom is 0.262 e. The lowest BCUT2D eigenvalue weighted by Crippen LogP contribution is -2.49. The van der Waals surface area contributed by atoms with Gasteiger partial charge in [-0.3, -0.25) is 9.59 Å². The Hall–Kier alpha value is -2.73. The number of rotatable bonds is 7. The van der Waals surface area contributed by atoms with E-state index in [9.17, 15) is 9.59 Å². The topological polar surface area (TPSA) is 61.9 Å². The zero-order valence-electron chi connectivity index (χ0n) is 20.9. The van der Waals surface area contributed by atoms with Crippen LogP contribution < -0.4 is 15.0 Å². The second-order valence-corrected chi connectivity index (χ2v) is 10.7. The summed E-state index contributed by atoms with van der Waals surface area (Å²) in [6.07, 6.45) is 0.571. The fraction of sp³-hybridized carbons (Fsp3) is 0.481. The fourth-order valence-corrected chi connectivity index (χ4v) is 4.12. The average Bonchev–Trinajstić information content (AvgIpc) is 2.77. The highest BCUT2D eigenvalue weighted by Gasteiger charge is 2.23. The first-order valence-electron chi connectivity index (χ1n) is 11.9. The van der Waals surface area contributed by atoms with Crippen LogP contribution in [0.5, 0.6) is 5.75 Å². The third kappa shape index (κ3) is 7.13. The third-order valence-electron chi connectivity index (χ3n) is 5.88. The van der Waals surface area contributed by atoms with E-state index in [4.69, 9.17) is 16.3 Å². The largest absolute Gasteiger partial charge is 0.484 e. The molecule has 2 amide bonds. The molecule has 0 aliphatic carbocycles. The Bertz CT molecular complexity index is 991.